The first-order valence-electron chi connectivity index (χ1n) is 6.85. The van der Waals surface area contributed by atoms with Crippen LogP contribution in [0.1, 0.15) is 15.9 Å². The molecule has 22 heavy (non-hydrogen) atoms. The summed E-state index contributed by atoms with van der Waals surface area (Å²) in [6, 6.07) is 15.2. The van der Waals surface area contributed by atoms with Gasteiger partial charge in [0, 0.05) is 5.39 Å². The monoisotopic (exact) mass is 311 g/mol. The van der Waals surface area contributed by atoms with Crippen molar-refractivity contribution in [3.8, 4) is 11.1 Å². The summed E-state index contributed by atoms with van der Waals surface area (Å²) >= 11 is 6.06. The van der Waals surface area contributed by atoms with E-state index in [1.54, 1.807) is 6.07 Å². The Labute approximate surface area is 133 Å². The number of aromatic nitrogens is 1. The van der Waals surface area contributed by atoms with Crippen molar-refractivity contribution in [1.82, 2.24) is 4.98 Å². The number of aryl methyl sites for hydroxylation is 1. The van der Waals surface area contributed by atoms with Crippen LogP contribution in [0.5, 0.6) is 0 Å². The molecule has 3 aromatic rings. The fourth-order valence-electron chi connectivity index (χ4n) is 2.45. The van der Waals surface area contributed by atoms with Crippen LogP contribution in [-0.4, -0.2) is 18.1 Å². The highest BCUT2D eigenvalue weighted by Crippen LogP contribution is 2.28. The van der Waals surface area contributed by atoms with E-state index in [1.807, 2.05) is 49.4 Å². The number of methoxy groups -OCH3 is 1. The average molecular weight is 312 g/mol. The highest BCUT2D eigenvalue weighted by atomic mass is 35.5. The third kappa shape index (κ3) is 2.55. The number of rotatable bonds is 2. The maximum Gasteiger partial charge on any atom is 0.338 e. The normalized spacial score (nSPS) is 10.7. The molecule has 0 amide bonds. The van der Waals surface area contributed by atoms with Crippen molar-refractivity contribution in [1.29, 1.82) is 0 Å². The molecule has 0 radical (unpaired) electrons. The Morgan fingerprint density at radius 2 is 1.91 bits per heavy atom. The van der Waals surface area contributed by atoms with Crippen molar-refractivity contribution >= 4 is 28.5 Å². The maximum atomic E-state index is 11.9. The molecule has 0 fully saturated rings. The molecule has 0 spiro atoms. The Bertz CT molecular complexity index is 874. The van der Waals surface area contributed by atoms with Crippen molar-refractivity contribution in [2.75, 3.05) is 7.11 Å². The highest BCUT2D eigenvalue weighted by molar-refractivity contribution is 6.30. The van der Waals surface area contributed by atoms with Gasteiger partial charge in [0.05, 0.1) is 18.2 Å². The predicted octanol–water partition coefficient (Wildman–Crippen LogP) is 4.65. The largest absolute Gasteiger partial charge is 0.465 e. The van der Waals surface area contributed by atoms with E-state index in [4.69, 9.17) is 16.3 Å². The van der Waals surface area contributed by atoms with E-state index in [-0.39, 0.29) is 5.97 Å². The zero-order chi connectivity index (χ0) is 15.7. The van der Waals surface area contributed by atoms with E-state index >= 15 is 0 Å². The first-order valence-corrected chi connectivity index (χ1v) is 7.22. The smallest absolute Gasteiger partial charge is 0.338 e. The Kier molecular flexibility index (Phi) is 3.82. The van der Waals surface area contributed by atoms with Gasteiger partial charge < -0.3 is 4.74 Å². The SMILES string of the molecule is COC(=O)c1ccccc1-c1ccc2nc(Cl)c(C)cc2c1. The van der Waals surface area contributed by atoms with Crippen LogP contribution in [0.4, 0.5) is 0 Å². The van der Waals surface area contributed by atoms with Crippen molar-refractivity contribution in [2.24, 2.45) is 0 Å². The van der Waals surface area contributed by atoms with E-state index in [2.05, 4.69) is 4.98 Å². The average Bonchev–Trinajstić information content (AvgIpc) is 2.55. The number of hydrogen-bond acceptors (Lipinski definition) is 3. The summed E-state index contributed by atoms with van der Waals surface area (Å²) in [5.74, 6) is -0.346. The molecular formula is C18H14ClNO2. The van der Waals surface area contributed by atoms with Gasteiger partial charge in [-0.05, 0) is 47.9 Å². The second kappa shape index (κ2) is 5.78. The van der Waals surface area contributed by atoms with Crippen molar-refractivity contribution < 1.29 is 9.53 Å². The van der Waals surface area contributed by atoms with Gasteiger partial charge in [-0.2, -0.15) is 0 Å². The van der Waals surface area contributed by atoms with Gasteiger partial charge in [0.25, 0.3) is 0 Å². The lowest BCUT2D eigenvalue weighted by molar-refractivity contribution is 0.0601. The zero-order valence-electron chi connectivity index (χ0n) is 12.3. The lowest BCUT2D eigenvalue weighted by Gasteiger charge is -2.09. The molecule has 0 aliphatic rings. The molecule has 110 valence electrons. The maximum absolute atomic E-state index is 11.9. The van der Waals surface area contributed by atoms with Gasteiger partial charge in [0.1, 0.15) is 5.15 Å². The van der Waals surface area contributed by atoms with Crippen LogP contribution in [0, 0.1) is 6.92 Å². The van der Waals surface area contributed by atoms with Crippen LogP contribution < -0.4 is 0 Å². The van der Waals surface area contributed by atoms with Crippen molar-refractivity contribution in [3.05, 3.63) is 64.8 Å². The third-order valence-electron chi connectivity index (χ3n) is 3.59. The van der Waals surface area contributed by atoms with E-state index in [0.29, 0.717) is 10.7 Å². The number of ether oxygens (including phenoxy) is 1. The molecule has 0 saturated heterocycles. The molecule has 2 aromatic carbocycles. The van der Waals surface area contributed by atoms with Gasteiger partial charge in [-0.3, -0.25) is 0 Å². The Morgan fingerprint density at radius 3 is 2.68 bits per heavy atom. The van der Waals surface area contributed by atoms with Crippen molar-refractivity contribution in [3.63, 3.8) is 0 Å². The number of esters is 1. The minimum atomic E-state index is -0.346. The topological polar surface area (TPSA) is 39.2 Å². The van der Waals surface area contributed by atoms with Crippen molar-refractivity contribution in [2.45, 2.75) is 6.92 Å². The van der Waals surface area contributed by atoms with Gasteiger partial charge in [0.2, 0.25) is 0 Å². The summed E-state index contributed by atoms with van der Waals surface area (Å²) < 4.78 is 4.85. The zero-order valence-corrected chi connectivity index (χ0v) is 13.0. The summed E-state index contributed by atoms with van der Waals surface area (Å²) in [5.41, 5.74) is 4.08. The number of hydrogen-bond donors (Lipinski definition) is 0. The molecule has 0 aliphatic carbocycles. The number of benzene rings is 2. The Balaban J connectivity index is 2.19. The van der Waals surface area contributed by atoms with E-state index in [9.17, 15) is 4.79 Å². The number of carbonyl (C=O) groups excluding carboxylic acids is 1. The molecule has 1 heterocycles. The third-order valence-corrected chi connectivity index (χ3v) is 3.97. The fraction of sp³-hybridized carbons (Fsp3) is 0.111. The summed E-state index contributed by atoms with van der Waals surface area (Å²) in [7, 11) is 1.38. The molecule has 0 unspecified atom stereocenters. The van der Waals surface area contributed by atoms with E-state index in [1.165, 1.54) is 7.11 Å². The van der Waals surface area contributed by atoms with Crippen LogP contribution in [-0.2, 0) is 4.74 Å². The van der Waals surface area contributed by atoms with Crippen LogP contribution in [0.2, 0.25) is 5.15 Å². The molecule has 3 nitrogen and oxygen atoms in total. The lowest BCUT2D eigenvalue weighted by Crippen LogP contribution is -2.03. The summed E-state index contributed by atoms with van der Waals surface area (Å²) in [5, 5.41) is 1.49. The number of nitrogens with zero attached hydrogens (tertiary/aromatic N) is 1. The minimum Gasteiger partial charge on any atom is -0.465 e. The fourth-order valence-corrected chi connectivity index (χ4v) is 2.59. The molecule has 1 aromatic heterocycles. The van der Waals surface area contributed by atoms with Crippen LogP contribution in [0.25, 0.3) is 22.0 Å². The molecule has 0 saturated carbocycles. The first kappa shape index (κ1) is 14.5. The van der Waals surface area contributed by atoms with Gasteiger partial charge in [-0.15, -0.1) is 0 Å². The quantitative estimate of drug-likeness (QED) is 0.511. The molecular weight excluding hydrogens is 298 g/mol. The number of carbonyl (C=O) groups is 1. The molecule has 3 rings (SSSR count). The number of halogens is 1. The van der Waals surface area contributed by atoms with Gasteiger partial charge in [-0.25, -0.2) is 9.78 Å². The van der Waals surface area contributed by atoms with Gasteiger partial charge in [-0.1, -0.05) is 35.9 Å². The number of pyridine rings is 1. The highest BCUT2D eigenvalue weighted by Gasteiger charge is 2.13. The molecule has 0 atom stereocenters. The van der Waals surface area contributed by atoms with Gasteiger partial charge in [0.15, 0.2) is 0 Å². The van der Waals surface area contributed by atoms with Crippen LogP contribution in [0.15, 0.2) is 48.5 Å². The first-order chi connectivity index (χ1) is 10.6. The van der Waals surface area contributed by atoms with E-state index in [0.717, 1.165) is 27.6 Å². The van der Waals surface area contributed by atoms with Crippen LogP contribution >= 0.6 is 11.6 Å². The molecule has 0 bridgehead atoms. The van der Waals surface area contributed by atoms with Gasteiger partial charge >= 0.3 is 5.97 Å². The molecule has 0 aliphatic heterocycles. The number of fused-ring (bicyclic) bond motifs is 1. The summed E-state index contributed by atoms with van der Waals surface area (Å²) in [4.78, 5) is 16.3. The predicted molar refractivity (Wildman–Crippen MR) is 88.3 cm³/mol. The lowest BCUT2D eigenvalue weighted by atomic mass is 9.98. The summed E-state index contributed by atoms with van der Waals surface area (Å²) in [6.45, 7) is 1.92. The Hall–Kier alpha value is -2.39. The summed E-state index contributed by atoms with van der Waals surface area (Å²) in [6.07, 6.45) is 0. The molecule has 0 N–H and O–H groups in total. The second-order valence-corrected chi connectivity index (χ2v) is 5.40. The van der Waals surface area contributed by atoms with Crippen LogP contribution in [0.3, 0.4) is 0 Å². The molecule has 4 heteroatoms. The second-order valence-electron chi connectivity index (χ2n) is 5.04. The standard InChI is InChI=1S/C18H14ClNO2/c1-11-9-13-10-12(7-8-16(13)20-17(11)19)14-5-3-4-6-15(14)18(21)22-2/h3-10H,1-2H3. The minimum absolute atomic E-state index is 0.346. The van der Waals surface area contributed by atoms with E-state index < -0.39 is 0 Å². The Morgan fingerprint density at radius 1 is 1.14 bits per heavy atom.